The lowest BCUT2D eigenvalue weighted by Gasteiger charge is -2.39. The lowest BCUT2D eigenvalue weighted by molar-refractivity contribution is -0.141. The third-order valence-electron chi connectivity index (χ3n) is 5.45. The van der Waals surface area contributed by atoms with Crippen molar-refractivity contribution in [3.63, 3.8) is 0 Å². The zero-order valence-electron chi connectivity index (χ0n) is 15.7. The number of hydrogen-bond acceptors (Lipinski definition) is 6. The average Bonchev–Trinajstić information content (AvgIpc) is 3.50. The third kappa shape index (κ3) is 4.24. The van der Waals surface area contributed by atoms with E-state index in [2.05, 4.69) is 29.7 Å². The van der Waals surface area contributed by atoms with Crippen LogP contribution >= 0.6 is 0 Å². The van der Waals surface area contributed by atoms with Crippen LogP contribution < -0.4 is 4.90 Å². The van der Waals surface area contributed by atoms with Gasteiger partial charge in [0.1, 0.15) is 17.8 Å². The minimum atomic E-state index is -4.45. The molecule has 2 aliphatic rings. The molecule has 1 saturated carbocycles. The fourth-order valence-electron chi connectivity index (χ4n) is 3.83. The van der Waals surface area contributed by atoms with Gasteiger partial charge in [-0.3, -0.25) is 14.9 Å². The van der Waals surface area contributed by atoms with Crippen LogP contribution in [0.3, 0.4) is 0 Å². The van der Waals surface area contributed by atoms with Crippen LogP contribution in [0.4, 0.5) is 19.0 Å². The molecule has 9 heteroatoms. The highest BCUT2D eigenvalue weighted by atomic mass is 19.4. The highest BCUT2D eigenvalue weighted by Crippen LogP contribution is 2.37. The van der Waals surface area contributed by atoms with Crippen LogP contribution in [0.2, 0.25) is 0 Å². The summed E-state index contributed by atoms with van der Waals surface area (Å²) in [4.78, 5) is 20.7. The Balaban J connectivity index is 1.44. The Kier molecular flexibility index (Phi) is 5.18. The van der Waals surface area contributed by atoms with Crippen LogP contribution in [0.25, 0.3) is 0 Å². The molecule has 150 valence electrons. The number of halogens is 3. The maximum absolute atomic E-state index is 13.1. The molecule has 1 aliphatic heterocycles. The number of aryl methyl sites for hydroxylation is 1. The largest absolute Gasteiger partial charge is 0.433 e. The quantitative estimate of drug-likeness (QED) is 0.779. The Morgan fingerprint density at radius 3 is 2.32 bits per heavy atom. The van der Waals surface area contributed by atoms with E-state index in [1.165, 1.54) is 0 Å². The standard InChI is InChI=1S/C19H23F3N6/c1-13-16(24-7-6-23-13)11-27-8-4-15(5-9-27)28(14-2-3-14)18-10-17(19(20,21)22)25-12-26-18/h6-7,10,12,14-15H,2-5,8-9,11H2,1H3. The van der Waals surface area contributed by atoms with Gasteiger partial charge in [0.05, 0.1) is 11.4 Å². The van der Waals surface area contributed by atoms with Crippen molar-refractivity contribution in [3.8, 4) is 0 Å². The summed E-state index contributed by atoms with van der Waals surface area (Å²) >= 11 is 0. The second kappa shape index (κ2) is 7.62. The maximum Gasteiger partial charge on any atom is 0.433 e. The number of piperidine rings is 1. The molecule has 2 fully saturated rings. The summed E-state index contributed by atoms with van der Waals surface area (Å²) in [5.41, 5.74) is 1.04. The van der Waals surface area contributed by atoms with Gasteiger partial charge in [-0.2, -0.15) is 13.2 Å². The van der Waals surface area contributed by atoms with Crippen LogP contribution in [0, 0.1) is 6.92 Å². The normalized spacial score (nSPS) is 19.0. The first kappa shape index (κ1) is 19.0. The first-order chi connectivity index (χ1) is 13.4. The topological polar surface area (TPSA) is 58.0 Å². The summed E-state index contributed by atoms with van der Waals surface area (Å²) < 4.78 is 39.2. The van der Waals surface area contributed by atoms with Crippen molar-refractivity contribution in [2.45, 2.75) is 57.4 Å². The summed E-state index contributed by atoms with van der Waals surface area (Å²) in [5, 5.41) is 0. The predicted octanol–water partition coefficient (Wildman–Crippen LogP) is 3.23. The Labute approximate surface area is 161 Å². The number of nitrogens with zero attached hydrogens (tertiary/aromatic N) is 6. The molecule has 1 aliphatic carbocycles. The molecule has 0 bridgehead atoms. The number of likely N-dealkylation sites (tertiary alicyclic amines) is 1. The lowest BCUT2D eigenvalue weighted by atomic mass is 10.0. The van der Waals surface area contributed by atoms with E-state index >= 15 is 0 Å². The molecule has 0 spiro atoms. The van der Waals surface area contributed by atoms with Crippen LogP contribution in [0.5, 0.6) is 0 Å². The zero-order valence-corrected chi connectivity index (χ0v) is 15.7. The van der Waals surface area contributed by atoms with Gasteiger partial charge in [0.2, 0.25) is 0 Å². The van der Waals surface area contributed by atoms with Crippen LogP contribution in [0.15, 0.2) is 24.8 Å². The van der Waals surface area contributed by atoms with Gasteiger partial charge in [0.15, 0.2) is 0 Å². The first-order valence-corrected chi connectivity index (χ1v) is 9.58. The van der Waals surface area contributed by atoms with Gasteiger partial charge in [0.25, 0.3) is 0 Å². The Bertz CT molecular complexity index is 815. The molecule has 0 unspecified atom stereocenters. The Morgan fingerprint density at radius 1 is 1.00 bits per heavy atom. The highest BCUT2D eigenvalue weighted by molar-refractivity contribution is 5.44. The molecule has 1 saturated heterocycles. The molecule has 3 heterocycles. The highest BCUT2D eigenvalue weighted by Gasteiger charge is 2.39. The van der Waals surface area contributed by atoms with Gasteiger partial charge in [-0.05, 0) is 32.6 Å². The van der Waals surface area contributed by atoms with Crippen molar-refractivity contribution in [1.82, 2.24) is 24.8 Å². The molecule has 0 atom stereocenters. The molecule has 0 amide bonds. The molecule has 6 nitrogen and oxygen atoms in total. The van der Waals surface area contributed by atoms with Gasteiger partial charge in [0, 0.05) is 50.2 Å². The average molecular weight is 392 g/mol. The summed E-state index contributed by atoms with van der Waals surface area (Å²) in [6, 6.07) is 1.57. The second-order valence-corrected chi connectivity index (χ2v) is 7.49. The van der Waals surface area contributed by atoms with Crippen molar-refractivity contribution in [2.75, 3.05) is 18.0 Å². The summed E-state index contributed by atoms with van der Waals surface area (Å²) in [6.45, 7) is 4.46. The van der Waals surface area contributed by atoms with E-state index < -0.39 is 11.9 Å². The number of alkyl halides is 3. The van der Waals surface area contributed by atoms with Gasteiger partial charge >= 0.3 is 6.18 Å². The molecule has 2 aromatic rings. The van der Waals surface area contributed by atoms with Crippen molar-refractivity contribution < 1.29 is 13.2 Å². The Morgan fingerprint density at radius 2 is 1.68 bits per heavy atom. The number of hydrogen-bond donors (Lipinski definition) is 0. The van der Waals surface area contributed by atoms with E-state index in [4.69, 9.17) is 0 Å². The SMILES string of the molecule is Cc1nccnc1CN1CCC(N(c2cc(C(F)(F)F)ncn2)C2CC2)CC1. The fourth-order valence-corrected chi connectivity index (χ4v) is 3.83. The van der Waals surface area contributed by atoms with Gasteiger partial charge in [-0.25, -0.2) is 9.97 Å². The van der Waals surface area contributed by atoms with Crippen LogP contribution in [-0.4, -0.2) is 50.0 Å². The van der Waals surface area contributed by atoms with Crippen molar-refractivity contribution in [2.24, 2.45) is 0 Å². The lowest BCUT2D eigenvalue weighted by Crippen LogP contribution is -2.46. The molecular formula is C19H23F3N6. The molecular weight excluding hydrogens is 369 g/mol. The van der Waals surface area contributed by atoms with E-state index in [1.807, 2.05) is 6.92 Å². The van der Waals surface area contributed by atoms with E-state index in [1.54, 1.807) is 12.4 Å². The molecule has 0 aromatic carbocycles. The molecule has 4 rings (SSSR count). The number of rotatable bonds is 5. The summed E-state index contributed by atoms with van der Waals surface area (Å²) in [5.74, 6) is 0.396. The fraction of sp³-hybridized carbons (Fsp3) is 0.579. The third-order valence-corrected chi connectivity index (χ3v) is 5.45. The molecule has 2 aromatic heterocycles. The predicted molar refractivity (Wildman–Crippen MR) is 97.6 cm³/mol. The van der Waals surface area contributed by atoms with Crippen LogP contribution in [0.1, 0.15) is 42.8 Å². The van der Waals surface area contributed by atoms with Gasteiger partial charge < -0.3 is 4.90 Å². The minimum Gasteiger partial charge on any atom is -0.350 e. The van der Waals surface area contributed by atoms with E-state index in [0.29, 0.717) is 5.82 Å². The van der Waals surface area contributed by atoms with Gasteiger partial charge in [-0.1, -0.05) is 0 Å². The van der Waals surface area contributed by atoms with Crippen molar-refractivity contribution in [3.05, 3.63) is 41.9 Å². The smallest absolute Gasteiger partial charge is 0.350 e. The maximum atomic E-state index is 13.1. The number of aromatic nitrogens is 4. The molecule has 28 heavy (non-hydrogen) atoms. The van der Waals surface area contributed by atoms with Crippen LogP contribution in [-0.2, 0) is 12.7 Å². The van der Waals surface area contributed by atoms with E-state index in [0.717, 1.165) is 69.1 Å². The van der Waals surface area contributed by atoms with Gasteiger partial charge in [-0.15, -0.1) is 0 Å². The molecule has 0 N–H and O–H groups in total. The summed E-state index contributed by atoms with van der Waals surface area (Å²) in [6.07, 6.45) is 3.76. The van der Waals surface area contributed by atoms with Crippen molar-refractivity contribution >= 4 is 5.82 Å². The second-order valence-electron chi connectivity index (χ2n) is 7.49. The Hall–Kier alpha value is -2.29. The monoisotopic (exact) mass is 392 g/mol. The van der Waals surface area contributed by atoms with E-state index in [9.17, 15) is 13.2 Å². The summed E-state index contributed by atoms with van der Waals surface area (Å²) in [7, 11) is 0. The van der Waals surface area contributed by atoms with Crippen molar-refractivity contribution in [1.29, 1.82) is 0 Å². The number of anilines is 1. The first-order valence-electron chi connectivity index (χ1n) is 9.58. The van der Waals surface area contributed by atoms with E-state index in [-0.39, 0.29) is 12.1 Å². The molecule has 0 radical (unpaired) electrons. The minimum absolute atomic E-state index is 0.197. The zero-order chi connectivity index (χ0) is 19.7.